The summed E-state index contributed by atoms with van der Waals surface area (Å²) < 4.78 is 6.56. The van der Waals surface area contributed by atoms with E-state index in [1.165, 1.54) is 51.3 Å². The molecule has 40 heavy (non-hydrogen) atoms. The zero-order chi connectivity index (χ0) is 27.1. The molecule has 0 amide bonds. The predicted octanol–water partition coefficient (Wildman–Crippen LogP) is 7.43. The Kier molecular flexibility index (Phi) is 8.85. The van der Waals surface area contributed by atoms with Crippen molar-refractivity contribution in [1.29, 1.82) is 0 Å². The Hall–Kier alpha value is -3.08. The summed E-state index contributed by atoms with van der Waals surface area (Å²) in [6, 6.07) is 53.6. The van der Waals surface area contributed by atoms with E-state index in [1.54, 1.807) is 0 Å². The lowest BCUT2D eigenvalue weighted by atomic mass is 9.94. The van der Waals surface area contributed by atoms with Crippen LogP contribution in [-0.2, 0) is 4.74 Å². The second kappa shape index (κ2) is 13.1. The summed E-state index contributed by atoms with van der Waals surface area (Å²) in [6.07, 6.45) is 3.75. The van der Waals surface area contributed by atoms with Crippen molar-refractivity contribution in [2.24, 2.45) is 5.92 Å². The number of hydrogen-bond acceptors (Lipinski definition) is 1. The number of methoxy groups -OCH3 is 1. The van der Waals surface area contributed by atoms with Crippen molar-refractivity contribution in [3.63, 3.8) is 0 Å². The van der Waals surface area contributed by atoms with E-state index >= 15 is 0 Å². The van der Waals surface area contributed by atoms with Crippen LogP contribution in [0.4, 0.5) is 0 Å². The van der Waals surface area contributed by atoms with E-state index in [1.807, 2.05) is 7.11 Å². The SMILES string of the molecule is CO[C@@H](c1ccccc1P(c1ccccc1)c1ccccc1)C1CCC[C@@H]1P(c1ccccc1)c1ccccc1. The molecule has 1 aliphatic rings. The Morgan fingerprint density at radius 1 is 0.550 bits per heavy atom. The third-order valence-electron chi connectivity index (χ3n) is 8.09. The van der Waals surface area contributed by atoms with Crippen LogP contribution in [0.3, 0.4) is 0 Å². The molecule has 1 fully saturated rings. The molecule has 200 valence electrons. The topological polar surface area (TPSA) is 9.23 Å². The lowest BCUT2D eigenvalue weighted by molar-refractivity contribution is 0.0559. The summed E-state index contributed by atoms with van der Waals surface area (Å²) in [5.41, 5.74) is 1.93. The molecule has 0 spiro atoms. The van der Waals surface area contributed by atoms with Crippen molar-refractivity contribution in [2.45, 2.75) is 31.0 Å². The average Bonchev–Trinajstić information content (AvgIpc) is 3.50. The Balaban J connectivity index is 1.44. The van der Waals surface area contributed by atoms with Crippen LogP contribution in [-0.4, -0.2) is 12.8 Å². The fourth-order valence-electron chi connectivity index (χ4n) is 6.40. The highest BCUT2D eigenvalue weighted by Gasteiger charge is 2.41. The van der Waals surface area contributed by atoms with Gasteiger partial charge in [-0.15, -0.1) is 0 Å². The van der Waals surface area contributed by atoms with Crippen LogP contribution in [0.1, 0.15) is 30.9 Å². The van der Waals surface area contributed by atoms with Crippen LogP contribution in [0.2, 0.25) is 0 Å². The summed E-state index contributed by atoms with van der Waals surface area (Å²) in [7, 11) is 0.710. The number of benzene rings is 5. The van der Waals surface area contributed by atoms with Gasteiger partial charge in [-0.1, -0.05) is 152 Å². The van der Waals surface area contributed by atoms with Crippen molar-refractivity contribution >= 4 is 42.4 Å². The van der Waals surface area contributed by atoms with Crippen LogP contribution in [0.25, 0.3) is 0 Å². The molecule has 0 saturated heterocycles. The highest BCUT2D eigenvalue weighted by Crippen LogP contribution is 2.54. The summed E-state index contributed by atoms with van der Waals surface area (Å²) >= 11 is 0. The molecule has 1 saturated carbocycles. The van der Waals surface area contributed by atoms with Gasteiger partial charge in [0.05, 0.1) is 6.10 Å². The summed E-state index contributed by atoms with van der Waals surface area (Å²) in [6.45, 7) is 0. The molecule has 0 heterocycles. The van der Waals surface area contributed by atoms with Crippen LogP contribution >= 0.6 is 15.8 Å². The van der Waals surface area contributed by atoms with E-state index in [0.29, 0.717) is 11.6 Å². The molecule has 5 aromatic rings. The predicted molar refractivity (Wildman–Crippen MR) is 175 cm³/mol. The van der Waals surface area contributed by atoms with Crippen molar-refractivity contribution < 1.29 is 4.74 Å². The number of ether oxygens (including phenoxy) is 1. The fourth-order valence-corrected chi connectivity index (χ4v) is 12.1. The highest BCUT2D eigenvalue weighted by molar-refractivity contribution is 7.80. The molecule has 0 radical (unpaired) electrons. The molecule has 0 aliphatic heterocycles. The molecule has 5 aromatic carbocycles. The minimum absolute atomic E-state index is 0.0542. The van der Waals surface area contributed by atoms with E-state index < -0.39 is 15.8 Å². The average molecular weight is 559 g/mol. The van der Waals surface area contributed by atoms with Crippen LogP contribution in [0, 0.1) is 5.92 Å². The molecular weight excluding hydrogens is 522 g/mol. The lowest BCUT2D eigenvalue weighted by Crippen LogP contribution is -2.32. The molecule has 1 unspecified atom stereocenters. The Morgan fingerprint density at radius 3 is 1.50 bits per heavy atom. The molecule has 3 heteroatoms. The third kappa shape index (κ3) is 5.70. The highest BCUT2D eigenvalue weighted by atomic mass is 31.1. The number of hydrogen-bond donors (Lipinski definition) is 0. The summed E-state index contributed by atoms with van der Waals surface area (Å²) in [5.74, 6) is 0.459. The first-order valence-corrected chi connectivity index (χ1v) is 17.0. The van der Waals surface area contributed by atoms with Gasteiger partial charge < -0.3 is 4.74 Å². The molecule has 1 nitrogen and oxygen atoms in total. The molecule has 6 rings (SSSR count). The summed E-state index contributed by atoms with van der Waals surface area (Å²) in [5, 5.41) is 7.12. The van der Waals surface area contributed by atoms with Crippen molar-refractivity contribution in [3.8, 4) is 0 Å². The van der Waals surface area contributed by atoms with Gasteiger partial charge in [0, 0.05) is 7.11 Å². The smallest absolute Gasteiger partial charge is 0.0861 e. The molecule has 0 aromatic heterocycles. The third-order valence-corrected chi connectivity index (χ3v) is 13.6. The Labute approximate surface area is 241 Å². The molecular formula is C37H36OP2. The molecule has 3 atom stereocenters. The first-order valence-electron chi connectivity index (χ1n) is 14.3. The van der Waals surface area contributed by atoms with Gasteiger partial charge in [-0.2, -0.15) is 0 Å². The molecule has 0 bridgehead atoms. The van der Waals surface area contributed by atoms with Gasteiger partial charge in [0.2, 0.25) is 0 Å². The van der Waals surface area contributed by atoms with Crippen LogP contribution in [0.15, 0.2) is 146 Å². The van der Waals surface area contributed by atoms with E-state index in [0.717, 1.165) is 0 Å². The fraction of sp³-hybridized carbons (Fsp3) is 0.189. The van der Waals surface area contributed by atoms with E-state index in [2.05, 4.69) is 146 Å². The maximum absolute atomic E-state index is 6.56. The minimum atomic E-state index is -0.711. The Bertz CT molecular complexity index is 1400. The van der Waals surface area contributed by atoms with Gasteiger partial charge in [0.15, 0.2) is 0 Å². The molecule has 1 aliphatic carbocycles. The van der Waals surface area contributed by atoms with Gasteiger partial charge in [0.1, 0.15) is 0 Å². The van der Waals surface area contributed by atoms with Gasteiger partial charge in [0.25, 0.3) is 0 Å². The largest absolute Gasteiger partial charge is 0.376 e. The minimum Gasteiger partial charge on any atom is -0.376 e. The second-order valence-electron chi connectivity index (χ2n) is 10.4. The second-order valence-corrected chi connectivity index (χ2v) is 15.0. The first-order chi connectivity index (χ1) is 19.8. The monoisotopic (exact) mass is 558 g/mol. The van der Waals surface area contributed by atoms with E-state index in [4.69, 9.17) is 4.74 Å². The van der Waals surface area contributed by atoms with E-state index in [9.17, 15) is 0 Å². The van der Waals surface area contributed by atoms with Crippen LogP contribution in [0.5, 0.6) is 0 Å². The van der Waals surface area contributed by atoms with Gasteiger partial charge in [-0.25, -0.2) is 0 Å². The maximum Gasteiger partial charge on any atom is 0.0861 e. The summed E-state index contributed by atoms with van der Waals surface area (Å²) in [4.78, 5) is 0. The normalized spacial score (nSPS) is 17.8. The van der Waals surface area contributed by atoms with Crippen LogP contribution < -0.4 is 26.5 Å². The lowest BCUT2D eigenvalue weighted by Gasteiger charge is -2.36. The van der Waals surface area contributed by atoms with Gasteiger partial charge >= 0.3 is 0 Å². The zero-order valence-corrected chi connectivity index (χ0v) is 24.8. The standard InChI is InChI=1S/C37H36OP2/c1-38-37(34-26-16-28-36(34)40(31-21-10-4-11-22-31)32-23-12-5-13-24-32)33-25-14-15-27-35(33)39(29-17-6-2-7-18-29)30-19-8-3-9-20-30/h2-15,17-25,27,34,36-37H,16,26,28H2,1H3/t34?,36-,37-/m0/s1. The quantitative estimate of drug-likeness (QED) is 0.171. The van der Waals surface area contributed by atoms with E-state index in [-0.39, 0.29) is 6.10 Å². The van der Waals surface area contributed by atoms with Crippen molar-refractivity contribution in [1.82, 2.24) is 0 Å². The number of rotatable bonds is 9. The van der Waals surface area contributed by atoms with Crippen molar-refractivity contribution in [3.05, 3.63) is 151 Å². The molecule has 0 N–H and O–H groups in total. The Morgan fingerprint density at radius 2 is 1.00 bits per heavy atom. The van der Waals surface area contributed by atoms with Gasteiger partial charge in [-0.3, -0.25) is 0 Å². The maximum atomic E-state index is 6.56. The zero-order valence-electron chi connectivity index (χ0n) is 23.0. The van der Waals surface area contributed by atoms with Gasteiger partial charge in [-0.05, 0) is 72.3 Å². The van der Waals surface area contributed by atoms with Crippen molar-refractivity contribution in [2.75, 3.05) is 7.11 Å². The first kappa shape index (κ1) is 27.1.